The van der Waals surface area contributed by atoms with Crippen LogP contribution in [0.5, 0.6) is 0 Å². The van der Waals surface area contributed by atoms with Gasteiger partial charge in [-0.1, -0.05) is 18.2 Å². The normalized spacial score (nSPS) is 11.9. The first kappa shape index (κ1) is 16.9. The van der Waals surface area contributed by atoms with Crippen LogP contribution in [0.4, 0.5) is 13.2 Å². The van der Waals surface area contributed by atoms with Gasteiger partial charge in [0.15, 0.2) is 5.78 Å². The maximum Gasteiger partial charge on any atom is 0.416 e. The Balaban J connectivity index is 2.60. The van der Waals surface area contributed by atoms with E-state index in [1.165, 1.54) is 18.2 Å². The lowest BCUT2D eigenvalue weighted by atomic mass is 10.1. The number of carbonyl (C=O) groups is 2. The van der Waals surface area contributed by atoms with E-state index in [4.69, 9.17) is 4.74 Å². The standard InChI is InChI=1S/C15H15F3O3/c1-10(2)21-14(20)9-13(19)8-5-11-3-6-12(7-4-11)15(16,17)18/h3-8,10H,9H2,1-2H3. The van der Waals surface area contributed by atoms with Gasteiger partial charge in [0.05, 0.1) is 11.7 Å². The topological polar surface area (TPSA) is 43.4 Å². The number of ketones is 1. The predicted octanol–water partition coefficient (Wildman–Crippen LogP) is 3.63. The molecule has 1 rings (SSSR count). The van der Waals surface area contributed by atoms with E-state index < -0.39 is 29.9 Å². The van der Waals surface area contributed by atoms with Crippen molar-refractivity contribution < 1.29 is 27.5 Å². The van der Waals surface area contributed by atoms with Gasteiger partial charge in [-0.05, 0) is 37.6 Å². The molecule has 0 aromatic heterocycles. The smallest absolute Gasteiger partial charge is 0.416 e. The molecule has 0 bridgehead atoms. The second kappa shape index (κ2) is 7.06. The molecule has 1 aromatic carbocycles. The number of benzene rings is 1. The van der Waals surface area contributed by atoms with Crippen LogP contribution in [0.25, 0.3) is 6.08 Å². The van der Waals surface area contributed by atoms with Crippen LogP contribution >= 0.6 is 0 Å². The molecule has 0 unspecified atom stereocenters. The van der Waals surface area contributed by atoms with E-state index in [1.54, 1.807) is 13.8 Å². The number of halogens is 3. The second-order valence-electron chi connectivity index (χ2n) is 4.63. The summed E-state index contributed by atoms with van der Waals surface area (Å²) in [7, 11) is 0. The molecule has 6 heteroatoms. The molecule has 3 nitrogen and oxygen atoms in total. The van der Waals surface area contributed by atoms with Gasteiger partial charge in [-0.3, -0.25) is 9.59 Å². The van der Waals surface area contributed by atoms with Gasteiger partial charge >= 0.3 is 12.1 Å². The van der Waals surface area contributed by atoms with E-state index in [2.05, 4.69) is 0 Å². The SMILES string of the molecule is CC(C)OC(=O)CC(=O)C=Cc1ccc(C(F)(F)F)cc1. The number of ether oxygens (including phenoxy) is 1. The first-order valence-corrected chi connectivity index (χ1v) is 6.26. The molecule has 21 heavy (non-hydrogen) atoms. The lowest BCUT2D eigenvalue weighted by Gasteiger charge is -2.06. The minimum atomic E-state index is -4.39. The van der Waals surface area contributed by atoms with Gasteiger partial charge in [-0.2, -0.15) is 13.2 Å². The summed E-state index contributed by atoms with van der Waals surface area (Å²) in [6.45, 7) is 3.33. The van der Waals surface area contributed by atoms with Gasteiger partial charge in [0.25, 0.3) is 0 Å². The summed E-state index contributed by atoms with van der Waals surface area (Å²) in [5.74, 6) is -1.10. The number of carbonyl (C=O) groups excluding carboxylic acids is 2. The third kappa shape index (κ3) is 6.25. The van der Waals surface area contributed by atoms with Gasteiger partial charge in [0.1, 0.15) is 6.42 Å². The van der Waals surface area contributed by atoms with Crippen molar-refractivity contribution in [2.75, 3.05) is 0 Å². The molecule has 0 aliphatic rings. The van der Waals surface area contributed by atoms with Crippen LogP contribution in [0.3, 0.4) is 0 Å². The van der Waals surface area contributed by atoms with Crippen LogP contribution in [-0.2, 0) is 20.5 Å². The molecule has 114 valence electrons. The van der Waals surface area contributed by atoms with E-state index >= 15 is 0 Å². The van der Waals surface area contributed by atoms with Crippen molar-refractivity contribution in [1.29, 1.82) is 0 Å². The minimum Gasteiger partial charge on any atom is -0.463 e. The first-order chi connectivity index (χ1) is 9.68. The van der Waals surface area contributed by atoms with Crippen molar-refractivity contribution in [3.8, 4) is 0 Å². The Kier molecular flexibility index (Phi) is 5.69. The van der Waals surface area contributed by atoms with Crippen molar-refractivity contribution in [2.45, 2.75) is 32.5 Å². The number of hydrogen-bond acceptors (Lipinski definition) is 3. The Labute approximate surface area is 120 Å². The molecule has 0 fully saturated rings. The van der Waals surface area contributed by atoms with Gasteiger partial charge in [0.2, 0.25) is 0 Å². The Morgan fingerprint density at radius 3 is 2.24 bits per heavy atom. The summed E-state index contributed by atoms with van der Waals surface area (Å²) in [6, 6.07) is 4.35. The lowest BCUT2D eigenvalue weighted by Crippen LogP contribution is -2.14. The molecule has 0 N–H and O–H groups in total. The number of allylic oxidation sites excluding steroid dienone is 1. The van der Waals surface area contributed by atoms with E-state index in [0.29, 0.717) is 5.56 Å². The molecule has 0 spiro atoms. The number of alkyl halides is 3. The fourth-order valence-electron chi connectivity index (χ4n) is 1.48. The Morgan fingerprint density at radius 2 is 1.76 bits per heavy atom. The summed E-state index contributed by atoms with van der Waals surface area (Å²) in [5, 5.41) is 0. The molecule has 0 atom stereocenters. The quantitative estimate of drug-likeness (QED) is 0.474. The van der Waals surface area contributed by atoms with Crippen LogP contribution in [0.2, 0.25) is 0 Å². The van der Waals surface area contributed by atoms with Crippen molar-refractivity contribution >= 4 is 17.8 Å². The maximum atomic E-state index is 12.4. The Bertz CT molecular complexity index is 528. The zero-order chi connectivity index (χ0) is 16.0. The second-order valence-corrected chi connectivity index (χ2v) is 4.63. The molecule has 0 saturated carbocycles. The van der Waals surface area contributed by atoms with E-state index in [1.807, 2.05) is 0 Å². The van der Waals surface area contributed by atoms with Gasteiger partial charge < -0.3 is 4.74 Å². The molecule has 0 saturated heterocycles. The highest BCUT2D eigenvalue weighted by Gasteiger charge is 2.29. The van der Waals surface area contributed by atoms with Crippen molar-refractivity contribution in [1.82, 2.24) is 0 Å². The maximum absolute atomic E-state index is 12.4. The molecule has 0 aliphatic heterocycles. The lowest BCUT2D eigenvalue weighted by molar-refractivity contribution is -0.148. The first-order valence-electron chi connectivity index (χ1n) is 6.26. The number of hydrogen-bond donors (Lipinski definition) is 0. The van der Waals surface area contributed by atoms with Crippen molar-refractivity contribution in [3.63, 3.8) is 0 Å². The largest absolute Gasteiger partial charge is 0.463 e. The van der Waals surface area contributed by atoms with Crippen molar-refractivity contribution in [2.24, 2.45) is 0 Å². The molecule has 1 aromatic rings. The van der Waals surface area contributed by atoms with Crippen LogP contribution < -0.4 is 0 Å². The van der Waals surface area contributed by atoms with E-state index in [9.17, 15) is 22.8 Å². The number of rotatable bonds is 5. The fraction of sp³-hybridized carbons (Fsp3) is 0.333. The van der Waals surface area contributed by atoms with Gasteiger partial charge in [-0.25, -0.2) is 0 Å². The fourth-order valence-corrected chi connectivity index (χ4v) is 1.48. The summed E-state index contributed by atoms with van der Waals surface area (Å²) in [4.78, 5) is 22.7. The Hall–Kier alpha value is -2.11. The highest BCUT2D eigenvalue weighted by atomic mass is 19.4. The zero-order valence-electron chi connectivity index (χ0n) is 11.6. The molecule has 0 aliphatic carbocycles. The van der Waals surface area contributed by atoms with Crippen molar-refractivity contribution in [3.05, 3.63) is 41.5 Å². The summed E-state index contributed by atoms with van der Waals surface area (Å²) in [5.41, 5.74) is -0.319. The molecule has 0 amide bonds. The summed E-state index contributed by atoms with van der Waals surface area (Å²) < 4.78 is 41.9. The van der Waals surface area contributed by atoms with E-state index in [-0.39, 0.29) is 6.10 Å². The predicted molar refractivity (Wildman–Crippen MR) is 71.3 cm³/mol. The average molecular weight is 300 g/mol. The van der Waals surface area contributed by atoms with Gasteiger partial charge in [0, 0.05) is 0 Å². The third-order valence-electron chi connectivity index (χ3n) is 2.39. The minimum absolute atomic E-state index is 0.302. The summed E-state index contributed by atoms with van der Waals surface area (Å²) in [6.07, 6.45) is -2.59. The highest BCUT2D eigenvalue weighted by molar-refractivity contribution is 6.03. The molecular weight excluding hydrogens is 285 g/mol. The molecule has 0 heterocycles. The number of esters is 1. The Morgan fingerprint density at radius 1 is 1.19 bits per heavy atom. The van der Waals surface area contributed by atoms with Gasteiger partial charge in [-0.15, -0.1) is 0 Å². The monoisotopic (exact) mass is 300 g/mol. The van der Waals surface area contributed by atoms with E-state index in [0.717, 1.165) is 18.2 Å². The highest BCUT2D eigenvalue weighted by Crippen LogP contribution is 2.29. The zero-order valence-corrected chi connectivity index (χ0v) is 11.6. The van der Waals surface area contributed by atoms with Crippen LogP contribution in [0.1, 0.15) is 31.4 Å². The average Bonchev–Trinajstić information content (AvgIpc) is 2.34. The molecular formula is C15H15F3O3. The van der Waals surface area contributed by atoms with Crippen LogP contribution in [0.15, 0.2) is 30.3 Å². The van der Waals surface area contributed by atoms with Crippen LogP contribution in [0, 0.1) is 0 Å². The molecule has 0 radical (unpaired) electrons. The third-order valence-corrected chi connectivity index (χ3v) is 2.39. The van der Waals surface area contributed by atoms with Crippen LogP contribution in [-0.4, -0.2) is 17.9 Å². The summed E-state index contributed by atoms with van der Waals surface area (Å²) >= 11 is 0.